The molecule has 0 amide bonds. The van der Waals surface area contributed by atoms with Crippen molar-refractivity contribution in [1.29, 1.82) is 0 Å². The van der Waals surface area contributed by atoms with Gasteiger partial charge in [-0.15, -0.1) is 0 Å². The first-order valence-corrected chi connectivity index (χ1v) is 8.96. The second-order valence-corrected chi connectivity index (χ2v) is 7.49. The van der Waals surface area contributed by atoms with Crippen molar-refractivity contribution in [2.45, 2.75) is 43.0 Å². The molecule has 0 spiro atoms. The van der Waals surface area contributed by atoms with Gasteiger partial charge in [-0.05, 0) is 49.4 Å². The van der Waals surface area contributed by atoms with Crippen molar-refractivity contribution in [3.05, 3.63) is 23.8 Å². The van der Waals surface area contributed by atoms with Crippen LogP contribution < -0.4 is 10.1 Å². The molecule has 0 atom stereocenters. The maximum atomic E-state index is 11.7. The zero-order chi connectivity index (χ0) is 14.8. The Hall–Kier alpha value is -1.07. The normalized spacial score (nSPS) is 22.4. The van der Waals surface area contributed by atoms with Crippen molar-refractivity contribution >= 4 is 9.84 Å². The number of hydrogen-bond donors (Lipinski definition) is 1. The summed E-state index contributed by atoms with van der Waals surface area (Å²) in [6.07, 6.45) is 4.58. The van der Waals surface area contributed by atoms with Crippen LogP contribution in [-0.2, 0) is 9.84 Å². The van der Waals surface area contributed by atoms with E-state index < -0.39 is 9.84 Å². The zero-order valence-corrected chi connectivity index (χ0v) is 13.2. The molecule has 1 N–H and O–H groups in total. The van der Waals surface area contributed by atoms with Crippen LogP contribution in [-0.4, -0.2) is 34.4 Å². The van der Waals surface area contributed by atoms with E-state index in [4.69, 9.17) is 4.74 Å². The topological polar surface area (TPSA) is 55.4 Å². The lowest BCUT2D eigenvalue weighted by Crippen LogP contribution is -2.40. The van der Waals surface area contributed by atoms with Crippen molar-refractivity contribution in [1.82, 2.24) is 5.32 Å². The Morgan fingerprint density at radius 2 is 2.05 bits per heavy atom. The summed E-state index contributed by atoms with van der Waals surface area (Å²) < 4.78 is 28.5. The van der Waals surface area contributed by atoms with E-state index in [0.29, 0.717) is 17.7 Å². The summed E-state index contributed by atoms with van der Waals surface area (Å²) in [5.41, 5.74) is 1.17. The van der Waals surface area contributed by atoms with E-state index in [1.165, 1.54) is 18.9 Å². The van der Waals surface area contributed by atoms with Gasteiger partial charge in [0.05, 0.1) is 7.11 Å². The van der Waals surface area contributed by atoms with Crippen molar-refractivity contribution in [3.63, 3.8) is 0 Å². The molecule has 4 nitrogen and oxygen atoms in total. The van der Waals surface area contributed by atoms with Gasteiger partial charge in [0, 0.05) is 12.3 Å². The fourth-order valence-corrected chi connectivity index (χ4v) is 3.47. The predicted molar refractivity (Wildman–Crippen MR) is 80.2 cm³/mol. The number of sulfone groups is 1. The highest BCUT2D eigenvalue weighted by atomic mass is 32.2. The van der Waals surface area contributed by atoms with E-state index in [2.05, 4.69) is 12.2 Å². The molecule has 0 aromatic heterocycles. The van der Waals surface area contributed by atoms with Crippen LogP contribution in [0.2, 0.25) is 0 Å². The molecule has 1 aromatic rings. The monoisotopic (exact) mass is 297 g/mol. The van der Waals surface area contributed by atoms with Gasteiger partial charge in [0.1, 0.15) is 10.6 Å². The maximum Gasteiger partial charge on any atom is 0.179 e. The smallest absolute Gasteiger partial charge is 0.179 e. The number of rotatable bonds is 6. The highest BCUT2D eigenvalue weighted by Crippen LogP contribution is 2.39. The minimum absolute atomic E-state index is 0.267. The van der Waals surface area contributed by atoms with E-state index in [0.717, 1.165) is 25.8 Å². The summed E-state index contributed by atoms with van der Waals surface area (Å²) in [6, 6.07) is 6.05. The third-order valence-corrected chi connectivity index (χ3v) is 5.02. The van der Waals surface area contributed by atoms with Crippen LogP contribution in [0.1, 0.15) is 37.7 Å². The minimum Gasteiger partial charge on any atom is -0.495 e. The average molecular weight is 297 g/mol. The minimum atomic E-state index is -3.24. The Balaban J connectivity index is 2.09. The molecule has 1 aliphatic carbocycles. The standard InChI is InChI=1S/C15H23NO3S/c1-4-7-16-13-8-12(9-13)11-5-6-15(20(3,17)18)14(10-11)19-2/h5-6,10,12-13,16H,4,7-9H2,1-3H3. The van der Waals surface area contributed by atoms with Gasteiger partial charge in [-0.2, -0.15) is 0 Å². The highest BCUT2D eigenvalue weighted by Gasteiger charge is 2.30. The van der Waals surface area contributed by atoms with Gasteiger partial charge in [-0.1, -0.05) is 13.0 Å². The summed E-state index contributed by atoms with van der Waals surface area (Å²) in [4.78, 5) is 0.267. The predicted octanol–water partition coefficient (Wildman–Crippen LogP) is 2.34. The van der Waals surface area contributed by atoms with E-state index >= 15 is 0 Å². The van der Waals surface area contributed by atoms with Crippen LogP contribution >= 0.6 is 0 Å². The fourth-order valence-electron chi connectivity index (χ4n) is 2.65. The second kappa shape index (κ2) is 6.14. The van der Waals surface area contributed by atoms with Crippen molar-refractivity contribution < 1.29 is 13.2 Å². The number of benzene rings is 1. The number of methoxy groups -OCH3 is 1. The zero-order valence-electron chi connectivity index (χ0n) is 12.3. The highest BCUT2D eigenvalue weighted by molar-refractivity contribution is 7.90. The molecule has 1 fully saturated rings. The van der Waals surface area contributed by atoms with Crippen molar-refractivity contribution in [2.75, 3.05) is 19.9 Å². The number of ether oxygens (including phenoxy) is 1. The van der Waals surface area contributed by atoms with Crippen LogP contribution in [0.4, 0.5) is 0 Å². The summed E-state index contributed by atoms with van der Waals surface area (Å²) >= 11 is 0. The molecule has 1 aromatic carbocycles. The number of nitrogens with one attached hydrogen (secondary N) is 1. The molecule has 5 heteroatoms. The third-order valence-electron chi connectivity index (χ3n) is 3.88. The molecule has 112 valence electrons. The van der Waals surface area contributed by atoms with Crippen LogP contribution in [0.5, 0.6) is 5.75 Å². The molecule has 2 rings (SSSR count). The molecule has 0 heterocycles. The Morgan fingerprint density at radius 1 is 1.35 bits per heavy atom. The second-order valence-electron chi connectivity index (χ2n) is 5.50. The molecule has 0 saturated heterocycles. The van der Waals surface area contributed by atoms with Gasteiger partial charge in [-0.25, -0.2) is 8.42 Å². The van der Waals surface area contributed by atoms with Gasteiger partial charge >= 0.3 is 0 Å². The van der Waals surface area contributed by atoms with Crippen molar-refractivity contribution in [2.24, 2.45) is 0 Å². The maximum absolute atomic E-state index is 11.7. The number of hydrogen-bond acceptors (Lipinski definition) is 4. The van der Waals surface area contributed by atoms with Gasteiger partial charge < -0.3 is 10.1 Å². The fraction of sp³-hybridized carbons (Fsp3) is 0.600. The lowest BCUT2D eigenvalue weighted by atomic mass is 9.76. The Bertz CT molecular complexity index is 562. The Kier molecular flexibility index (Phi) is 4.70. The van der Waals surface area contributed by atoms with E-state index in [1.807, 2.05) is 12.1 Å². The molecule has 0 aliphatic heterocycles. The quantitative estimate of drug-likeness (QED) is 0.875. The van der Waals surface area contributed by atoms with Gasteiger partial charge in [0.25, 0.3) is 0 Å². The van der Waals surface area contributed by atoms with E-state index in [-0.39, 0.29) is 4.90 Å². The van der Waals surface area contributed by atoms with Crippen LogP contribution in [0.15, 0.2) is 23.1 Å². The summed E-state index contributed by atoms with van der Waals surface area (Å²) in [5.74, 6) is 0.960. The van der Waals surface area contributed by atoms with Gasteiger partial charge in [-0.3, -0.25) is 0 Å². The molecular formula is C15H23NO3S. The Labute approximate surface area is 121 Å². The van der Waals surface area contributed by atoms with E-state index in [1.54, 1.807) is 6.07 Å². The van der Waals surface area contributed by atoms with Crippen LogP contribution in [0.3, 0.4) is 0 Å². The SMILES string of the molecule is CCCNC1CC(c2ccc(S(C)(=O)=O)c(OC)c2)C1. The van der Waals surface area contributed by atoms with Crippen LogP contribution in [0.25, 0.3) is 0 Å². The Morgan fingerprint density at radius 3 is 2.60 bits per heavy atom. The molecule has 0 unspecified atom stereocenters. The molecular weight excluding hydrogens is 274 g/mol. The van der Waals surface area contributed by atoms with Gasteiger partial charge in [0.2, 0.25) is 0 Å². The van der Waals surface area contributed by atoms with E-state index in [9.17, 15) is 8.42 Å². The molecule has 20 heavy (non-hydrogen) atoms. The molecule has 0 radical (unpaired) electrons. The lowest BCUT2D eigenvalue weighted by molar-refractivity contribution is 0.291. The molecule has 0 bridgehead atoms. The summed E-state index contributed by atoms with van der Waals surface area (Å²) in [5, 5.41) is 3.51. The summed E-state index contributed by atoms with van der Waals surface area (Å²) in [7, 11) is -1.72. The molecule has 1 saturated carbocycles. The molecule has 1 aliphatic rings. The lowest BCUT2D eigenvalue weighted by Gasteiger charge is -2.36. The summed E-state index contributed by atoms with van der Waals surface area (Å²) in [6.45, 7) is 3.23. The van der Waals surface area contributed by atoms with Crippen molar-refractivity contribution in [3.8, 4) is 5.75 Å². The first kappa shape index (κ1) is 15.3. The van der Waals surface area contributed by atoms with Crippen LogP contribution in [0, 0.1) is 0 Å². The first-order chi connectivity index (χ1) is 9.45. The average Bonchev–Trinajstić information content (AvgIpc) is 2.35. The third kappa shape index (κ3) is 3.33. The largest absolute Gasteiger partial charge is 0.495 e. The van der Waals surface area contributed by atoms with Gasteiger partial charge in [0.15, 0.2) is 9.84 Å². The first-order valence-electron chi connectivity index (χ1n) is 7.07.